The van der Waals surface area contributed by atoms with Gasteiger partial charge in [0.1, 0.15) is 5.60 Å². The zero-order chi connectivity index (χ0) is 14.4. The van der Waals surface area contributed by atoms with Crippen LogP contribution in [-0.4, -0.2) is 30.6 Å². The Morgan fingerprint density at radius 3 is 2.47 bits per heavy atom. The predicted molar refractivity (Wildman–Crippen MR) is 73.8 cm³/mol. The SMILES string of the molecule is CCC1(CCC/C=C/C(=O)OC(C)(C)C)OCCO1. The second-order valence-corrected chi connectivity index (χ2v) is 5.79. The molecule has 0 N–H and O–H groups in total. The summed E-state index contributed by atoms with van der Waals surface area (Å²) in [6.07, 6.45) is 6.85. The largest absolute Gasteiger partial charge is 0.457 e. The molecule has 1 fully saturated rings. The third kappa shape index (κ3) is 6.21. The summed E-state index contributed by atoms with van der Waals surface area (Å²) in [5.74, 6) is -0.675. The Balaban J connectivity index is 2.21. The van der Waals surface area contributed by atoms with Gasteiger partial charge in [-0.05, 0) is 40.0 Å². The lowest BCUT2D eigenvalue weighted by Gasteiger charge is -2.25. The zero-order valence-electron chi connectivity index (χ0n) is 12.5. The number of esters is 1. The van der Waals surface area contributed by atoms with Crippen molar-refractivity contribution in [1.82, 2.24) is 0 Å². The van der Waals surface area contributed by atoms with E-state index in [9.17, 15) is 4.79 Å². The van der Waals surface area contributed by atoms with Crippen molar-refractivity contribution in [1.29, 1.82) is 0 Å². The Bertz CT molecular complexity index is 309. The van der Waals surface area contributed by atoms with E-state index in [0.717, 1.165) is 25.7 Å². The zero-order valence-corrected chi connectivity index (χ0v) is 12.5. The molecule has 4 heteroatoms. The molecule has 0 amide bonds. The first kappa shape index (κ1) is 16.2. The molecule has 4 nitrogen and oxygen atoms in total. The van der Waals surface area contributed by atoms with E-state index in [2.05, 4.69) is 6.92 Å². The topological polar surface area (TPSA) is 44.8 Å². The molecule has 0 spiro atoms. The average molecular weight is 270 g/mol. The van der Waals surface area contributed by atoms with Crippen molar-refractivity contribution in [2.24, 2.45) is 0 Å². The normalized spacial score (nSPS) is 18.9. The van der Waals surface area contributed by atoms with Gasteiger partial charge in [0.05, 0.1) is 13.2 Å². The molecule has 1 saturated heterocycles. The minimum atomic E-state index is -0.431. The first-order valence-electron chi connectivity index (χ1n) is 7.04. The molecule has 0 aliphatic carbocycles. The van der Waals surface area contributed by atoms with Crippen LogP contribution >= 0.6 is 0 Å². The van der Waals surface area contributed by atoms with Gasteiger partial charge >= 0.3 is 5.97 Å². The van der Waals surface area contributed by atoms with E-state index in [4.69, 9.17) is 14.2 Å². The lowest BCUT2D eigenvalue weighted by molar-refractivity contribution is -0.164. The van der Waals surface area contributed by atoms with Crippen LogP contribution in [0, 0.1) is 0 Å². The molecule has 1 aliphatic heterocycles. The predicted octanol–water partition coefficient (Wildman–Crippen LogP) is 3.21. The average Bonchev–Trinajstić information content (AvgIpc) is 2.75. The van der Waals surface area contributed by atoms with Gasteiger partial charge in [-0.2, -0.15) is 0 Å². The first-order valence-corrected chi connectivity index (χ1v) is 7.04. The number of ether oxygens (including phenoxy) is 3. The van der Waals surface area contributed by atoms with Crippen molar-refractivity contribution in [3.05, 3.63) is 12.2 Å². The second kappa shape index (κ2) is 7.06. The summed E-state index contributed by atoms with van der Waals surface area (Å²) in [4.78, 5) is 11.4. The van der Waals surface area contributed by atoms with Crippen molar-refractivity contribution in [3.63, 3.8) is 0 Å². The molecule has 0 aromatic carbocycles. The Labute approximate surface area is 116 Å². The van der Waals surface area contributed by atoms with Crippen molar-refractivity contribution >= 4 is 5.97 Å². The molecule has 0 aromatic rings. The van der Waals surface area contributed by atoms with Gasteiger partial charge in [0, 0.05) is 12.5 Å². The van der Waals surface area contributed by atoms with Gasteiger partial charge in [0.25, 0.3) is 0 Å². The van der Waals surface area contributed by atoms with Crippen LogP contribution in [0.2, 0.25) is 0 Å². The van der Waals surface area contributed by atoms with Gasteiger partial charge in [-0.1, -0.05) is 13.0 Å². The van der Waals surface area contributed by atoms with E-state index in [1.54, 1.807) is 0 Å². The molecule has 0 saturated carbocycles. The number of rotatable bonds is 6. The highest BCUT2D eigenvalue weighted by molar-refractivity contribution is 5.82. The summed E-state index contributed by atoms with van der Waals surface area (Å²) >= 11 is 0. The van der Waals surface area contributed by atoms with Gasteiger partial charge in [-0.25, -0.2) is 4.79 Å². The van der Waals surface area contributed by atoms with E-state index < -0.39 is 5.60 Å². The van der Waals surface area contributed by atoms with Crippen molar-refractivity contribution < 1.29 is 19.0 Å². The lowest BCUT2D eigenvalue weighted by atomic mass is 10.1. The van der Waals surface area contributed by atoms with Crippen LogP contribution in [-0.2, 0) is 19.0 Å². The Morgan fingerprint density at radius 2 is 1.95 bits per heavy atom. The fourth-order valence-electron chi connectivity index (χ4n) is 2.03. The highest BCUT2D eigenvalue weighted by atomic mass is 16.7. The van der Waals surface area contributed by atoms with Crippen LogP contribution < -0.4 is 0 Å². The summed E-state index contributed by atoms with van der Waals surface area (Å²) in [5, 5.41) is 0. The second-order valence-electron chi connectivity index (χ2n) is 5.79. The van der Waals surface area contributed by atoms with Crippen LogP contribution in [0.3, 0.4) is 0 Å². The smallest absolute Gasteiger partial charge is 0.330 e. The molecule has 0 radical (unpaired) electrons. The van der Waals surface area contributed by atoms with Crippen LogP contribution in [0.15, 0.2) is 12.2 Å². The third-order valence-electron chi connectivity index (χ3n) is 2.94. The van der Waals surface area contributed by atoms with Gasteiger partial charge in [0.15, 0.2) is 5.79 Å². The van der Waals surface area contributed by atoms with Crippen LogP contribution in [0.25, 0.3) is 0 Å². The quantitative estimate of drug-likeness (QED) is 0.422. The minimum absolute atomic E-state index is 0.286. The molecular weight excluding hydrogens is 244 g/mol. The number of allylic oxidation sites excluding steroid dienone is 1. The van der Waals surface area contributed by atoms with Crippen LogP contribution in [0.5, 0.6) is 0 Å². The summed E-state index contributed by atoms with van der Waals surface area (Å²) < 4.78 is 16.5. The summed E-state index contributed by atoms with van der Waals surface area (Å²) in [6.45, 7) is 9.01. The summed E-state index contributed by atoms with van der Waals surface area (Å²) in [7, 11) is 0. The van der Waals surface area contributed by atoms with Crippen LogP contribution in [0.1, 0.15) is 53.4 Å². The monoisotopic (exact) mass is 270 g/mol. The molecule has 0 atom stereocenters. The van der Waals surface area contributed by atoms with Crippen molar-refractivity contribution in [2.75, 3.05) is 13.2 Å². The maximum Gasteiger partial charge on any atom is 0.330 e. The number of carbonyl (C=O) groups excluding carboxylic acids is 1. The molecule has 0 bridgehead atoms. The lowest BCUT2D eigenvalue weighted by Crippen LogP contribution is -2.28. The standard InChI is InChI=1S/C15H26O4/c1-5-15(17-11-12-18-15)10-8-6-7-9-13(16)19-14(2,3)4/h7,9H,5-6,8,10-12H2,1-4H3/b9-7+. The van der Waals surface area contributed by atoms with E-state index in [1.807, 2.05) is 26.8 Å². The minimum Gasteiger partial charge on any atom is -0.457 e. The van der Waals surface area contributed by atoms with E-state index in [0.29, 0.717) is 13.2 Å². The Kier molecular flexibility index (Phi) is 6.01. The molecule has 1 heterocycles. The van der Waals surface area contributed by atoms with Gasteiger partial charge in [0.2, 0.25) is 0 Å². The van der Waals surface area contributed by atoms with Gasteiger partial charge < -0.3 is 14.2 Å². The highest BCUT2D eigenvalue weighted by Crippen LogP contribution is 2.28. The molecule has 110 valence electrons. The Hall–Kier alpha value is -0.870. The molecule has 19 heavy (non-hydrogen) atoms. The van der Waals surface area contributed by atoms with Crippen LogP contribution in [0.4, 0.5) is 0 Å². The fraction of sp³-hybridized carbons (Fsp3) is 0.800. The van der Waals surface area contributed by atoms with Gasteiger partial charge in [-0.15, -0.1) is 0 Å². The maximum atomic E-state index is 11.4. The van der Waals surface area contributed by atoms with E-state index in [1.165, 1.54) is 6.08 Å². The van der Waals surface area contributed by atoms with E-state index >= 15 is 0 Å². The van der Waals surface area contributed by atoms with E-state index in [-0.39, 0.29) is 11.8 Å². The first-order chi connectivity index (χ1) is 8.87. The third-order valence-corrected chi connectivity index (χ3v) is 2.94. The number of unbranched alkanes of at least 4 members (excludes halogenated alkanes) is 1. The molecule has 0 unspecified atom stereocenters. The number of carbonyl (C=O) groups is 1. The molecule has 1 rings (SSSR count). The van der Waals surface area contributed by atoms with Crippen molar-refractivity contribution in [3.8, 4) is 0 Å². The fourth-order valence-corrected chi connectivity index (χ4v) is 2.03. The maximum absolute atomic E-state index is 11.4. The Morgan fingerprint density at radius 1 is 1.32 bits per heavy atom. The summed E-state index contributed by atoms with van der Waals surface area (Å²) in [5.41, 5.74) is -0.431. The number of hydrogen-bond donors (Lipinski definition) is 0. The van der Waals surface area contributed by atoms with Crippen molar-refractivity contribution in [2.45, 2.75) is 64.8 Å². The summed E-state index contributed by atoms with van der Waals surface area (Å²) in [6, 6.07) is 0. The molecular formula is C15H26O4. The highest BCUT2D eigenvalue weighted by Gasteiger charge is 2.33. The number of hydrogen-bond acceptors (Lipinski definition) is 4. The van der Waals surface area contributed by atoms with Gasteiger partial charge in [-0.3, -0.25) is 0 Å². The molecule has 0 aromatic heterocycles. The molecule has 1 aliphatic rings.